The van der Waals surface area contributed by atoms with Crippen LogP contribution in [-0.4, -0.2) is 29.1 Å². The minimum atomic E-state index is -1.14. The molecule has 0 bridgehead atoms. The first-order chi connectivity index (χ1) is 9.51. The Morgan fingerprint density at radius 2 is 2.30 bits per heavy atom. The van der Waals surface area contributed by atoms with Gasteiger partial charge in [-0.2, -0.15) is 0 Å². The normalized spacial score (nSPS) is 16.1. The van der Waals surface area contributed by atoms with E-state index in [0.29, 0.717) is 12.4 Å². The second-order valence-electron chi connectivity index (χ2n) is 4.77. The monoisotopic (exact) mass is 360 g/mol. The first-order valence-electron chi connectivity index (χ1n) is 6.39. The highest BCUT2D eigenvalue weighted by Gasteiger charge is 2.22. The van der Waals surface area contributed by atoms with Crippen molar-refractivity contribution in [1.82, 2.24) is 0 Å². The fourth-order valence-electron chi connectivity index (χ4n) is 2.16. The molecule has 0 N–H and O–H groups in total. The summed E-state index contributed by atoms with van der Waals surface area (Å²) in [6.07, 6.45) is 1.05. The maximum absolute atomic E-state index is 12.3. The molecule has 0 aromatic heterocycles. The molecule has 4 nitrogen and oxygen atoms in total. The van der Waals surface area contributed by atoms with Gasteiger partial charge in [-0.3, -0.25) is 9.00 Å². The molecule has 2 rings (SSSR count). The number of hydrogen-bond acceptors (Lipinski definition) is 4. The van der Waals surface area contributed by atoms with Crippen molar-refractivity contribution in [2.45, 2.75) is 30.8 Å². The Morgan fingerprint density at radius 1 is 1.55 bits per heavy atom. The van der Waals surface area contributed by atoms with Gasteiger partial charge in [0.15, 0.2) is 0 Å². The SMILES string of the molecule is COC(=O)CC(C)S(=O)Cc1cc(Br)cc2c1OCC2. The Balaban J connectivity index is 2.10. The van der Waals surface area contributed by atoms with Gasteiger partial charge < -0.3 is 9.47 Å². The van der Waals surface area contributed by atoms with E-state index in [-0.39, 0.29) is 17.6 Å². The molecular formula is C14H17BrO4S. The van der Waals surface area contributed by atoms with Crippen LogP contribution in [0.25, 0.3) is 0 Å². The highest BCUT2D eigenvalue weighted by atomic mass is 79.9. The lowest BCUT2D eigenvalue weighted by molar-refractivity contribution is -0.140. The molecular weight excluding hydrogens is 344 g/mol. The van der Waals surface area contributed by atoms with Crippen LogP contribution in [0, 0.1) is 0 Å². The van der Waals surface area contributed by atoms with Crippen LogP contribution in [0.5, 0.6) is 5.75 Å². The number of hydrogen-bond donors (Lipinski definition) is 0. The molecule has 0 fully saturated rings. The van der Waals surface area contributed by atoms with Gasteiger partial charge in [0, 0.05) is 32.5 Å². The van der Waals surface area contributed by atoms with Crippen molar-refractivity contribution in [3.63, 3.8) is 0 Å². The molecule has 0 radical (unpaired) electrons. The quantitative estimate of drug-likeness (QED) is 0.757. The summed E-state index contributed by atoms with van der Waals surface area (Å²) in [6, 6.07) is 3.97. The fraction of sp³-hybridized carbons (Fsp3) is 0.500. The van der Waals surface area contributed by atoms with Crippen molar-refractivity contribution in [2.75, 3.05) is 13.7 Å². The Kier molecular flexibility index (Phi) is 5.21. The molecule has 6 heteroatoms. The average molecular weight is 361 g/mol. The summed E-state index contributed by atoms with van der Waals surface area (Å²) in [5.41, 5.74) is 2.08. The fourth-order valence-corrected chi connectivity index (χ4v) is 3.84. The summed E-state index contributed by atoms with van der Waals surface area (Å²) < 4.78 is 23.5. The van der Waals surface area contributed by atoms with Crippen LogP contribution < -0.4 is 4.74 Å². The molecule has 0 saturated heterocycles. The molecule has 1 heterocycles. The van der Waals surface area contributed by atoms with Crippen LogP contribution in [0.3, 0.4) is 0 Å². The Bertz CT molecular complexity index is 544. The molecule has 20 heavy (non-hydrogen) atoms. The maximum atomic E-state index is 12.3. The second kappa shape index (κ2) is 6.72. The molecule has 2 atom stereocenters. The number of benzene rings is 1. The first kappa shape index (κ1) is 15.5. The van der Waals surface area contributed by atoms with Crippen molar-refractivity contribution in [3.8, 4) is 5.75 Å². The number of rotatable bonds is 5. The molecule has 0 amide bonds. The van der Waals surface area contributed by atoms with Crippen LogP contribution in [0.2, 0.25) is 0 Å². The smallest absolute Gasteiger partial charge is 0.306 e. The zero-order chi connectivity index (χ0) is 14.7. The van der Waals surface area contributed by atoms with E-state index in [1.807, 2.05) is 12.1 Å². The van der Waals surface area contributed by atoms with Crippen LogP contribution in [0.4, 0.5) is 0 Å². The summed E-state index contributed by atoms with van der Waals surface area (Å²) in [4.78, 5) is 11.2. The third-order valence-corrected chi connectivity index (χ3v) is 5.37. The van der Waals surface area contributed by atoms with Gasteiger partial charge in [-0.1, -0.05) is 22.9 Å². The zero-order valence-electron chi connectivity index (χ0n) is 11.5. The molecule has 2 unspecified atom stereocenters. The molecule has 110 valence electrons. The van der Waals surface area contributed by atoms with Crippen LogP contribution in [-0.2, 0) is 32.5 Å². The maximum Gasteiger partial charge on any atom is 0.306 e. The molecule has 1 aromatic rings. The minimum Gasteiger partial charge on any atom is -0.493 e. The van der Waals surface area contributed by atoms with Crippen molar-refractivity contribution >= 4 is 32.7 Å². The number of carbonyl (C=O) groups is 1. The van der Waals surface area contributed by atoms with E-state index in [9.17, 15) is 9.00 Å². The third-order valence-electron chi connectivity index (χ3n) is 3.25. The number of esters is 1. The summed E-state index contributed by atoms with van der Waals surface area (Å²) in [5.74, 6) is 0.910. The predicted molar refractivity (Wildman–Crippen MR) is 81.3 cm³/mol. The van der Waals surface area contributed by atoms with E-state index in [1.54, 1.807) is 6.92 Å². The number of methoxy groups -OCH3 is 1. The Labute approximate surface area is 129 Å². The van der Waals surface area contributed by atoms with E-state index < -0.39 is 10.8 Å². The Hall–Kier alpha value is -0.880. The largest absolute Gasteiger partial charge is 0.493 e. The molecule has 1 aliphatic heterocycles. The molecule has 0 spiro atoms. The second-order valence-corrected chi connectivity index (χ2v) is 7.54. The van der Waals surface area contributed by atoms with Gasteiger partial charge in [0.25, 0.3) is 0 Å². The highest BCUT2D eigenvalue weighted by Crippen LogP contribution is 2.34. The Morgan fingerprint density at radius 3 is 3.00 bits per heavy atom. The summed E-state index contributed by atoms with van der Waals surface area (Å²) in [6.45, 7) is 2.47. The van der Waals surface area contributed by atoms with Crippen LogP contribution in [0.1, 0.15) is 24.5 Å². The van der Waals surface area contributed by atoms with E-state index in [4.69, 9.17) is 4.74 Å². The lowest BCUT2D eigenvalue weighted by Crippen LogP contribution is -2.18. The number of carbonyl (C=O) groups excluding carboxylic acids is 1. The van der Waals surface area contributed by atoms with Gasteiger partial charge in [0.05, 0.1) is 25.9 Å². The lowest BCUT2D eigenvalue weighted by atomic mass is 10.1. The highest BCUT2D eigenvalue weighted by molar-refractivity contribution is 9.10. The van der Waals surface area contributed by atoms with E-state index in [1.165, 1.54) is 7.11 Å². The standard InChI is InChI=1S/C14H17BrO4S/c1-9(5-13(16)18-2)20(17)8-11-7-12(15)6-10-3-4-19-14(10)11/h6-7,9H,3-5,8H2,1-2H3. The molecule has 0 saturated carbocycles. The summed E-state index contributed by atoms with van der Waals surface area (Å²) in [7, 11) is 0.200. The van der Waals surface area contributed by atoms with Crippen molar-refractivity contribution < 1.29 is 18.5 Å². The first-order valence-corrected chi connectivity index (χ1v) is 8.57. The van der Waals surface area contributed by atoms with Gasteiger partial charge >= 0.3 is 5.97 Å². The zero-order valence-corrected chi connectivity index (χ0v) is 13.9. The van der Waals surface area contributed by atoms with Gasteiger partial charge in [-0.15, -0.1) is 0 Å². The van der Waals surface area contributed by atoms with Crippen molar-refractivity contribution in [2.24, 2.45) is 0 Å². The van der Waals surface area contributed by atoms with Crippen molar-refractivity contribution in [3.05, 3.63) is 27.7 Å². The van der Waals surface area contributed by atoms with E-state index in [2.05, 4.69) is 20.7 Å². The lowest BCUT2D eigenvalue weighted by Gasteiger charge is -2.13. The number of fused-ring (bicyclic) bond motifs is 1. The number of ether oxygens (including phenoxy) is 2. The van der Waals surface area contributed by atoms with Crippen LogP contribution in [0.15, 0.2) is 16.6 Å². The molecule has 1 aliphatic rings. The predicted octanol–water partition coefficient (Wildman–Crippen LogP) is 2.58. The topological polar surface area (TPSA) is 52.6 Å². The van der Waals surface area contributed by atoms with Crippen molar-refractivity contribution in [1.29, 1.82) is 0 Å². The van der Waals surface area contributed by atoms with Gasteiger partial charge in [0.1, 0.15) is 5.75 Å². The molecule has 1 aromatic carbocycles. The summed E-state index contributed by atoms with van der Waals surface area (Å²) in [5, 5.41) is -0.238. The van der Waals surface area contributed by atoms with Gasteiger partial charge in [-0.25, -0.2) is 0 Å². The molecule has 0 aliphatic carbocycles. The van der Waals surface area contributed by atoms with E-state index in [0.717, 1.165) is 27.8 Å². The van der Waals surface area contributed by atoms with Crippen LogP contribution >= 0.6 is 15.9 Å². The third kappa shape index (κ3) is 3.61. The summed E-state index contributed by atoms with van der Waals surface area (Å²) >= 11 is 3.47. The van der Waals surface area contributed by atoms with E-state index >= 15 is 0 Å². The van der Waals surface area contributed by atoms with Gasteiger partial charge in [0.2, 0.25) is 0 Å². The minimum absolute atomic E-state index is 0.167. The number of halogens is 1. The van der Waals surface area contributed by atoms with Gasteiger partial charge in [-0.05, 0) is 17.7 Å². The average Bonchev–Trinajstić information content (AvgIpc) is 2.86.